The topological polar surface area (TPSA) is 79.0 Å². The molecule has 0 spiro atoms. The number of nitrogens with zero attached hydrogens (tertiary/aromatic N) is 1. The number of amides is 1. The van der Waals surface area contributed by atoms with Crippen LogP contribution in [0.3, 0.4) is 0 Å². The van der Waals surface area contributed by atoms with Gasteiger partial charge in [0.2, 0.25) is 0 Å². The molecule has 3 N–H and O–H groups in total. The van der Waals surface area contributed by atoms with Crippen LogP contribution in [0.4, 0.5) is 5.69 Å². The van der Waals surface area contributed by atoms with Gasteiger partial charge in [-0.3, -0.25) is 9.89 Å². The van der Waals surface area contributed by atoms with E-state index in [1.54, 1.807) is 18.2 Å². The van der Waals surface area contributed by atoms with Crippen LogP contribution < -0.4 is 10.6 Å². The van der Waals surface area contributed by atoms with Crippen molar-refractivity contribution in [3.63, 3.8) is 0 Å². The highest BCUT2D eigenvalue weighted by Crippen LogP contribution is 2.22. The minimum atomic E-state index is -0.244. The number of aromatic nitrogens is 2. The van der Waals surface area contributed by atoms with Gasteiger partial charge in [0.05, 0.1) is 18.4 Å². The predicted octanol–water partition coefficient (Wildman–Crippen LogP) is 3.64. The van der Waals surface area contributed by atoms with Crippen LogP contribution in [0.25, 0.3) is 11.3 Å². The van der Waals surface area contributed by atoms with Gasteiger partial charge in [0.25, 0.3) is 5.91 Å². The van der Waals surface area contributed by atoms with E-state index < -0.39 is 0 Å². The van der Waals surface area contributed by atoms with Crippen LogP contribution in [0.5, 0.6) is 0 Å². The van der Waals surface area contributed by atoms with Crippen LogP contribution in [0.2, 0.25) is 5.02 Å². The molecule has 0 aliphatic carbocycles. The van der Waals surface area contributed by atoms with Crippen molar-refractivity contribution in [2.24, 2.45) is 0 Å². The number of morpholine rings is 1. The molecule has 0 bridgehead atoms. The number of H-pyrrole nitrogens is 1. The van der Waals surface area contributed by atoms with Crippen LogP contribution >= 0.6 is 11.6 Å². The summed E-state index contributed by atoms with van der Waals surface area (Å²) in [6.45, 7) is 2.39. The fraction of sp³-hybridized carbons (Fsp3) is 0.200. The highest BCUT2D eigenvalue weighted by molar-refractivity contribution is 6.30. The Balaban J connectivity index is 1.42. The lowest BCUT2D eigenvalue weighted by Crippen LogP contribution is -2.33. The van der Waals surface area contributed by atoms with Gasteiger partial charge in [0.15, 0.2) is 0 Å². The monoisotopic (exact) mass is 382 g/mol. The van der Waals surface area contributed by atoms with Gasteiger partial charge in [-0.25, -0.2) is 0 Å². The van der Waals surface area contributed by atoms with Crippen molar-refractivity contribution in [2.75, 3.05) is 25.0 Å². The summed E-state index contributed by atoms with van der Waals surface area (Å²) in [5, 5.41) is 13.8. The Bertz CT molecular complexity index is 916. The first-order chi connectivity index (χ1) is 13.2. The first kappa shape index (κ1) is 17.7. The Morgan fingerprint density at radius 1 is 1.15 bits per heavy atom. The Morgan fingerprint density at radius 2 is 1.93 bits per heavy atom. The number of nitrogens with one attached hydrogen (secondary N) is 3. The van der Waals surface area contributed by atoms with Crippen LogP contribution in [-0.2, 0) is 4.74 Å². The van der Waals surface area contributed by atoms with E-state index in [4.69, 9.17) is 16.3 Å². The van der Waals surface area contributed by atoms with E-state index >= 15 is 0 Å². The smallest absolute Gasteiger partial charge is 0.273 e. The second-order valence-corrected chi connectivity index (χ2v) is 6.75. The lowest BCUT2D eigenvalue weighted by Gasteiger charge is -2.24. The van der Waals surface area contributed by atoms with Crippen molar-refractivity contribution in [2.45, 2.75) is 6.10 Å². The summed E-state index contributed by atoms with van der Waals surface area (Å²) in [5.74, 6) is -0.244. The first-order valence-corrected chi connectivity index (χ1v) is 9.12. The van der Waals surface area contributed by atoms with Gasteiger partial charge in [0.1, 0.15) is 5.69 Å². The summed E-state index contributed by atoms with van der Waals surface area (Å²) in [6, 6.07) is 16.7. The number of anilines is 1. The molecule has 3 aromatic rings. The molecule has 0 unspecified atom stereocenters. The van der Waals surface area contributed by atoms with E-state index in [9.17, 15) is 4.79 Å². The fourth-order valence-corrected chi connectivity index (χ4v) is 3.09. The molecule has 27 heavy (non-hydrogen) atoms. The quantitative estimate of drug-likeness (QED) is 0.643. The van der Waals surface area contributed by atoms with Crippen molar-refractivity contribution in [3.05, 3.63) is 70.9 Å². The molecule has 2 aromatic carbocycles. The maximum atomic E-state index is 12.5. The maximum Gasteiger partial charge on any atom is 0.273 e. The number of hydrogen-bond acceptors (Lipinski definition) is 4. The third-order valence-electron chi connectivity index (χ3n) is 4.43. The van der Waals surface area contributed by atoms with E-state index in [2.05, 4.69) is 20.8 Å². The van der Waals surface area contributed by atoms with Crippen molar-refractivity contribution >= 4 is 23.2 Å². The molecular weight excluding hydrogens is 364 g/mol. The largest absolute Gasteiger partial charge is 0.371 e. The number of hydrogen-bond donors (Lipinski definition) is 3. The molecule has 1 aliphatic rings. The average Bonchev–Trinajstić information content (AvgIpc) is 3.20. The predicted molar refractivity (Wildman–Crippen MR) is 105 cm³/mol. The highest BCUT2D eigenvalue weighted by atomic mass is 35.5. The van der Waals surface area contributed by atoms with Gasteiger partial charge >= 0.3 is 0 Å². The van der Waals surface area contributed by atoms with Crippen LogP contribution in [0.15, 0.2) is 54.6 Å². The summed E-state index contributed by atoms with van der Waals surface area (Å²) < 4.78 is 5.74. The summed E-state index contributed by atoms with van der Waals surface area (Å²) in [5.41, 5.74) is 3.78. The molecule has 7 heteroatoms. The molecule has 4 rings (SSSR count). The van der Waals surface area contributed by atoms with Crippen LogP contribution in [0.1, 0.15) is 22.2 Å². The minimum Gasteiger partial charge on any atom is -0.371 e. The number of carbonyl (C=O) groups excluding carboxylic acids is 1. The molecule has 2 heterocycles. The molecule has 1 aliphatic heterocycles. The lowest BCUT2D eigenvalue weighted by atomic mass is 10.1. The van der Waals surface area contributed by atoms with Gasteiger partial charge in [-0.15, -0.1) is 0 Å². The normalized spacial score (nSPS) is 16.9. The number of carbonyl (C=O) groups is 1. The minimum absolute atomic E-state index is 0.0537. The molecule has 6 nitrogen and oxygen atoms in total. The zero-order valence-corrected chi connectivity index (χ0v) is 15.3. The van der Waals surface area contributed by atoms with E-state index in [-0.39, 0.29) is 12.0 Å². The Kier molecular flexibility index (Phi) is 5.20. The second-order valence-electron chi connectivity index (χ2n) is 6.31. The number of aromatic amines is 1. The molecule has 1 saturated heterocycles. The van der Waals surface area contributed by atoms with E-state index in [1.165, 1.54) is 0 Å². The van der Waals surface area contributed by atoms with Crippen LogP contribution in [-0.4, -0.2) is 35.8 Å². The molecular formula is C20H19ClN4O2. The maximum absolute atomic E-state index is 12.5. The Hall–Kier alpha value is -2.67. The molecule has 0 saturated carbocycles. The van der Waals surface area contributed by atoms with Crippen molar-refractivity contribution in [1.82, 2.24) is 15.5 Å². The first-order valence-electron chi connectivity index (χ1n) is 8.74. The molecule has 1 amide bonds. The Labute approximate surface area is 161 Å². The molecule has 1 fully saturated rings. The van der Waals surface area contributed by atoms with Crippen LogP contribution in [0, 0.1) is 0 Å². The summed E-state index contributed by atoms with van der Waals surface area (Å²) in [7, 11) is 0. The Morgan fingerprint density at radius 3 is 2.63 bits per heavy atom. The third-order valence-corrected chi connectivity index (χ3v) is 4.68. The third kappa shape index (κ3) is 4.19. The van der Waals surface area contributed by atoms with E-state index in [0.717, 1.165) is 29.9 Å². The number of halogens is 1. The highest BCUT2D eigenvalue weighted by Gasteiger charge is 2.16. The zero-order chi connectivity index (χ0) is 18.6. The molecule has 138 valence electrons. The van der Waals surface area contributed by atoms with E-state index in [0.29, 0.717) is 23.0 Å². The number of rotatable bonds is 4. The molecule has 0 radical (unpaired) electrons. The van der Waals surface area contributed by atoms with Gasteiger partial charge in [-0.1, -0.05) is 35.9 Å². The summed E-state index contributed by atoms with van der Waals surface area (Å²) in [4.78, 5) is 12.5. The van der Waals surface area contributed by atoms with Crippen molar-refractivity contribution in [3.8, 4) is 11.3 Å². The number of benzene rings is 2. The summed E-state index contributed by atoms with van der Waals surface area (Å²) in [6.07, 6.45) is 0.0537. The van der Waals surface area contributed by atoms with Gasteiger partial charge in [0, 0.05) is 29.4 Å². The van der Waals surface area contributed by atoms with Gasteiger partial charge < -0.3 is 15.4 Å². The van der Waals surface area contributed by atoms with Gasteiger partial charge in [-0.2, -0.15) is 5.10 Å². The standard InChI is InChI=1S/C20H19ClN4O2/c21-15-5-1-13(2-6-15)17-11-18(25-24-17)20(26)23-16-7-3-14(4-8-16)19-12-22-9-10-27-19/h1-8,11,19,22H,9-10,12H2,(H,23,26)(H,24,25)/t19-/m0/s1. The molecule has 1 aromatic heterocycles. The fourth-order valence-electron chi connectivity index (χ4n) is 2.97. The second kappa shape index (κ2) is 7.92. The van der Waals surface area contributed by atoms with Crippen molar-refractivity contribution in [1.29, 1.82) is 0 Å². The SMILES string of the molecule is O=C(Nc1ccc([C@@H]2CNCCO2)cc1)c1cc(-c2ccc(Cl)cc2)n[nH]1. The van der Waals surface area contributed by atoms with Crippen molar-refractivity contribution < 1.29 is 9.53 Å². The van der Waals surface area contributed by atoms with Gasteiger partial charge in [-0.05, 0) is 35.9 Å². The number of ether oxygens (including phenoxy) is 1. The summed E-state index contributed by atoms with van der Waals surface area (Å²) >= 11 is 5.90. The zero-order valence-electron chi connectivity index (χ0n) is 14.5. The lowest BCUT2D eigenvalue weighted by molar-refractivity contribution is 0.0277. The van der Waals surface area contributed by atoms with E-state index in [1.807, 2.05) is 36.4 Å². The average molecular weight is 383 g/mol. The molecule has 1 atom stereocenters.